The van der Waals surface area contributed by atoms with Crippen LogP contribution in [-0.4, -0.2) is 18.1 Å². The summed E-state index contributed by atoms with van der Waals surface area (Å²) in [5.74, 6) is -0.179. The van der Waals surface area contributed by atoms with Crippen LogP contribution in [0.3, 0.4) is 0 Å². The van der Waals surface area contributed by atoms with Gasteiger partial charge in [0, 0.05) is 6.42 Å². The topological polar surface area (TPSA) is 67.8 Å². The number of rotatable bonds is 16. The van der Waals surface area contributed by atoms with E-state index in [9.17, 15) is 9.59 Å². The van der Waals surface area contributed by atoms with Crippen molar-refractivity contribution in [3.8, 4) is 5.75 Å². The molecule has 2 aromatic carbocycles. The number of nitrogens with one attached hydrogen (secondary N) is 1. The van der Waals surface area contributed by atoms with E-state index in [0.29, 0.717) is 22.8 Å². The number of hydrogen-bond donors (Lipinski definition) is 1. The van der Waals surface area contributed by atoms with E-state index in [1.165, 1.54) is 57.8 Å². The van der Waals surface area contributed by atoms with E-state index in [1.807, 2.05) is 0 Å². The number of benzene rings is 2. The first kappa shape index (κ1) is 27.6. The van der Waals surface area contributed by atoms with Crippen molar-refractivity contribution < 1.29 is 14.3 Å². The molecule has 0 fully saturated rings. The third kappa shape index (κ3) is 11.5. The number of hydrogen-bond acceptors (Lipinski definition) is 4. The molecule has 2 rings (SSSR count). The molecule has 34 heavy (non-hydrogen) atoms. The van der Waals surface area contributed by atoms with Crippen molar-refractivity contribution in [3.63, 3.8) is 0 Å². The molecule has 0 aromatic heterocycles. The Hall–Kier alpha value is -2.66. The highest BCUT2D eigenvalue weighted by Gasteiger charge is 2.11. The molecular weight excluding hydrogens is 448 g/mol. The molecule has 0 atom stereocenters. The summed E-state index contributed by atoms with van der Waals surface area (Å²) >= 11 is 6.02. The Balaban J connectivity index is 1.56. The standard InChI is InChI=1S/C28H37ClN2O3/c1-2-3-4-5-6-7-8-9-10-11-12-17-27(32)31-30-22-23-18-20-24(21-19-23)34-28(33)25-15-13-14-16-26(25)29/h13-16,18-22H,2-12,17H2,1H3,(H,31,32)/b30-22+. The van der Waals surface area contributed by atoms with E-state index in [2.05, 4.69) is 17.5 Å². The van der Waals surface area contributed by atoms with E-state index in [4.69, 9.17) is 16.3 Å². The first-order valence-corrected chi connectivity index (χ1v) is 12.9. The highest BCUT2D eigenvalue weighted by molar-refractivity contribution is 6.33. The molecule has 1 N–H and O–H groups in total. The van der Waals surface area contributed by atoms with Crippen molar-refractivity contribution in [3.05, 3.63) is 64.7 Å². The molecule has 0 saturated carbocycles. The number of esters is 1. The minimum Gasteiger partial charge on any atom is -0.423 e. The predicted molar refractivity (Wildman–Crippen MR) is 140 cm³/mol. The number of carbonyl (C=O) groups excluding carboxylic acids is 2. The Morgan fingerprint density at radius 1 is 0.853 bits per heavy atom. The first-order chi connectivity index (χ1) is 16.6. The van der Waals surface area contributed by atoms with Crippen LogP contribution in [0.2, 0.25) is 5.02 Å². The Bertz CT molecular complexity index is 897. The van der Waals surface area contributed by atoms with Gasteiger partial charge >= 0.3 is 5.97 Å². The predicted octanol–water partition coefficient (Wildman–Crippen LogP) is 7.71. The Morgan fingerprint density at radius 2 is 1.44 bits per heavy atom. The number of carbonyl (C=O) groups is 2. The number of hydrazone groups is 1. The van der Waals surface area contributed by atoms with Crippen LogP contribution in [-0.2, 0) is 4.79 Å². The molecule has 0 aliphatic rings. The number of halogens is 1. The van der Waals surface area contributed by atoms with Gasteiger partial charge < -0.3 is 4.74 Å². The van der Waals surface area contributed by atoms with Crippen LogP contribution >= 0.6 is 11.6 Å². The van der Waals surface area contributed by atoms with E-state index in [1.54, 1.807) is 54.7 Å². The van der Waals surface area contributed by atoms with Gasteiger partial charge in [-0.3, -0.25) is 4.79 Å². The van der Waals surface area contributed by atoms with Gasteiger partial charge in [-0.05, 0) is 48.4 Å². The molecule has 0 saturated heterocycles. The maximum absolute atomic E-state index is 12.2. The number of nitrogens with zero attached hydrogens (tertiary/aromatic N) is 1. The van der Waals surface area contributed by atoms with Gasteiger partial charge in [0.15, 0.2) is 0 Å². The zero-order chi connectivity index (χ0) is 24.4. The summed E-state index contributed by atoms with van der Waals surface area (Å²) in [6.45, 7) is 2.25. The fourth-order valence-corrected chi connectivity index (χ4v) is 3.81. The van der Waals surface area contributed by atoms with Crippen LogP contribution in [0.4, 0.5) is 0 Å². The van der Waals surface area contributed by atoms with Gasteiger partial charge in [-0.15, -0.1) is 0 Å². The molecule has 0 radical (unpaired) electrons. The highest BCUT2D eigenvalue weighted by atomic mass is 35.5. The lowest BCUT2D eigenvalue weighted by atomic mass is 10.1. The van der Waals surface area contributed by atoms with Crippen LogP contribution in [0.5, 0.6) is 5.75 Å². The summed E-state index contributed by atoms with van der Waals surface area (Å²) in [6, 6.07) is 13.6. The fourth-order valence-electron chi connectivity index (χ4n) is 3.60. The van der Waals surface area contributed by atoms with Crippen LogP contribution in [0.1, 0.15) is 99.9 Å². The highest BCUT2D eigenvalue weighted by Crippen LogP contribution is 2.19. The lowest BCUT2D eigenvalue weighted by Crippen LogP contribution is -2.16. The molecule has 1 amide bonds. The molecule has 184 valence electrons. The molecule has 0 heterocycles. The molecule has 0 aliphatic heterocycles. The van der Waals surface area contributed by atoms with Crippen molar-refractivity contribution in [2.75, 3.05) is 0 Å². The maximum Gasteiger partial charge on any atom is 0.345 e. The molecule has 0 unspecified atom stereocenters. The van der Waals surface area contributed by atoms with Crippen molar-refractivity contribution in [1.82, 2.24) is 5.43 Å². The lowest BCUT2D eigenvalue weighted by Gasteiger charge is -2.06. The van der Waals surface area contributed by atoms with Gasteiger partial charge in [0.25, 0.3) is 0 Å². The molecular formula is C28H37ClN2O3. The normalized spacial score (nSPS) is 11.0. The average molecular weight is 485 g/mol. The quantitative estimate of drug-likeness (QED) is 0.0871. The summed E-state index contributed by atoms with van der Waals surface area (Å²) in [7, 11) is 0. The molecule has 0 spiro atoms. The number of amides is 1. The van der Waals surface area contributed by atoms with E-state index in [0.717, 1.165) is 18.4 Å². The van der Waals surface area contributed by atoms with Crippen LogP contribution < -0.4 is 10.2 Å². The first-order valence-electron chi connectivity index (χ1n) is 12.5. The lowest BCUT2D eigenvalue weighted by molar-refractivity contribution is -0.121. The Kier molecular flexibility index (Phi) is 13.7. The van der Waals surface area contributed by atoms with Crippen molar-refractivity contribution in [1.29, 1.82) is 0 Å². The zero-order valence-electron chi connectivity index (χ0n) is 20.2. The van der Waals surface area contributed by atoms with Crippen LogP contribution in [0, 0.1) is 0 Å². The smallest absolute Gasteiger partial charge is 0.345 e. The summed E-state index contributed by atoms with van der Waals surface area (Å²) < 4.78 is 5.35. The van der Waals surface area contributed by atoms with E-state index >= 15 is 0 Å². The van der Waals surface area contributed by atoms with Crippen molar-refractivity contribution >= 4 is 29.7 Å². The van der Waals surface area contributed by atoms with Crippen LogP contribution in [0.15, 0.2) is 53.6 Å². The van der Waals surface area contributed by atoms with Crippen LogP contribution in [0.25, 0.3) is 0 Å². The van der Waals surface area contributed by atoms with Crippen molar-refractivity contribution in [2.24, 2.45) is 5.10 Å². The van der Waals surface area contributed by atoms with Gasteiger partial charge in [-0.25, -0.2) is 10.2 Å². The summed E-state index contributed by atoms with van der Waals surface area (Å²) in [6.07, 6.45) is 15.9. The average Bonchev–Trinajstić information content (AvgIpc) is 2.84. The van der Waals surface area contributed by atoms with Gasteiger partial charge in [0.1, 0.15) is 5.75 Å². The second-order valence-corrected chi connectivity index (χ2v) is 8.92. The second kappa shape index (κ2) is 16.9. The number of ether oxygens (including phenoxy) is 1. The fraction of sp³-hybridized carbons (Fsp3) is 0.464. The zero-order valence-corrected chi connectivity index (χ0v) is 21.0. The number of unbranched alkanes of at least 4 members (excludes halogenated alkanes) is 10. The van der Waals surface area contributed by atoms with Gasteiger partial charge in [-0.2, -0.15) is 5.10 Å². The summed E-state index contributed by atoms with van der Waals surface area (Å²) in [5.41, 5.74) is 3.67. The minimum absolute atomic E-state index is 0.0718. The molecule has 0 bridgehead atoms. The van der Waals surface area contributed by atoms with Gasteiger partial charge in [0.05, 0.1) is 16.8 Å². The SMILES string of the molecule is CCCCCCCCCCCCCC(=O)N/N=C/c1ccc(OC(=O)c2ccccc2Cl)cc1. The van der Waals surface area contributed by atoms with E-state index in [-0.39, 0.29) is 5.91 Å². The van der Waals surface area contributed by atoms with Gasteiger partial charge in [0.2, 0.25) is 5.91 Å². The third-order valence-corrected chi connectivity index (χ3v) is 5.92. The van der Waals surface area contributed by atoms with E-state index < -0.39 is 5.97 Å². The minimum atomic E-state index is -0.512. The summed E-state index contributed by atoms with van der Waals surface area (Å²) in [5, 5.41) is 4.36. The largest absolute Gasteiger partial charge is 0.423 e. The Morgan fingerprint density at radius 3 is 2.06 bits per heavy atom. The molecule has 2 aromatic rings. The van der Waals surface area contributed by atoms with Crippen molar-refractivity contribution in [2.45, 2.75) is 84.0 Å². The molecule has 0 aliphatic carbocycles. The second-order valence-electron chi connectivity index (χ2n) is 8.52. The van der Waals surface area contributed by atoms with Gasteiger partial charge in [-0.1, -0.05) is 94.9 Å². The monoisotopic (exact) mass is 484 g/mol. The third-order valence-electron chi connectivity index (χ3n) is 5.59. The molecule has 5 nitrogen and oxygen atoms in total. The Labute approximate surface area is 208 Å². The maximum atomic E-state index is 12.2. The summed E-state index contributed by atoms with van der Waals surface area (Å²) in [4.78, 5) is 24.1. The molecule has 6 heteroatoms.